The molecule has 0 unspecified atom stereocenters. The molecule has 150 valence electrons. The third-order valence-corrected chi connectivity index (χ3v) is 4.02. The zero-order valence-electron chi connectivity index (χ0n) is 15.6. The Morgan fingerprint density at radius 1 is 1.00 bits per heavy atom. The highest BCUT2D eigenvalue weighted by molar-refractivity contribution is 7.86. The lowest BCUT2D eigenvalue weighted by Crippen LogP contribution is -2.47. The molecule has 0 aromatic heterocycles. The fourth-order valence-corrected chi connectivity index (χ4v) is 2.75. The summed E-state index contributed by atoms with van der Waals surface area (Å²) in [7, 11) is -7.41. The lowest BCUT2D eigenvalue weighted by molar-refractivity contribution is 0.0443. The van der Waals surface area contributed by atoms with Gasteiger partial charge >= 0.3 is 6.09 Å². The largest absolute Gasteiger partial charge is 0.444 e. The van der Waals surface area contributed by atoms with Gasteiger partial charge in [0, 0.05) is 5.92 Å². The molecular weight excluding hydrogens is 374 g/mol. The minimum atomic E-state index is -3.73. The van der Waals surface area contributed by atoms with E-state index in [1.165, 1.54) is 0 Å². The summed E-state index contributed by atoms with van der Waals surface area (Å²) in [6, 6.07) is -0.800. The second-order valence-corrected chi connectivity index (χ2v) is 10.1. The topological polar surface area (TPSA) is 125 Å². The SMILES string of the molecule is CCC[C@@H](COS(C)(=O)=O)[C@@H](COS(C)(=O)=O)NC(=O)OC(C)(C)C. The summed E-state index contributed by atoms with van der Waals surface area (Å²) in [5.41, 5.74) is -0.740. The van der Waals surface area contributed by atoms with Crippen LogP contribution in [0.3, 0.4) is 0 Å². The molecule has 0 spiro atoms. The van der Waals surface area contributed by atoms with Crippen molar-refractivity contribution in [2.24, 2.45) is 5.92 Å². The summed E-state index contributed by atoms with van der Waals surface area (Å²) in [5, 5.41) is 2.54. The van der Waals surface area contributed by atoms with Crippen LogP contribution >= 0.6 is 0 Å². The summed E-state index contributed by atoms with van der Waals surface area (Å²) in [5.74, 6) is -0.478. The third kappa shape index (κ3) is 14.0. The van der Waals surface area contributed by atoms with Gasteiger partial charge in [-0.3, -0.25) is 8.37 Å². The average molecular weight is 404 g/mol. The van der Waals surface area contributed by atoms with Crippen LogP contribution in [-0.4, -0.2) is 60.3 Å². The molecule has 2 atom stereocenters. The van der Waals surface area contributed by atoms with Gasteiger partial charge in [0.25, 0.3) is 20.2 Å². The Balaban J connectivity index is 5.22. The van der Waals surface area contributed by atoms with Crippen molar-refractivity contribution < 1.29 is 34.7 Å². The number of hydrogen-bond acceptors (Lipinski definition) is 8. The Morgan fingerprint density at radius 2 is 1.48 bits per heavy atom. The second kappa shape index (κ2) is 9.70. The lowest BCUT2D eigenvalue weighted by atomic mass is 9.96. The number of carbonyl (C=O) groups excluding carboxylic acids is 1. The highest BCUT2D eigenvalue weighted by Gasteiger charge is 2.28. The van der Waals surface area contributed by atoms with E-state index in [0.29, 0.717) is 12.8 Å². The summed E-state index contributed by atoms with van der Waals surface area (Å²) in [4.78, 5) is 12.0. The van der Waals surface area contributed by atoms with E-state index < -0.39 is 43.9 Å². The summed E-state index contributed by atoms with van der Waals surface area (Å²) < 4.78 is 59.7. The standard InChI is InChI=1S/C14H29NO8S2/c1-7-8-11(9-21-24(5,17)18)12(10-22-25(6,19)20)15-13(16)23-14(2,3)4/h11-12H,7-10H2,1-6H3,(H,15,16)/t11-,12+/m0/s1. The molecule has 25 heavy (non-hydrogen) atoms. The molecule has 1 N–H and O–H groups in total. The van der Waals surface area contributed by atoms with Gasteiger partial charge in [-0.25, -0.2) is 4.79 Å². The predicted octanol–water partition coefficient (Wildman–Crippen LogP) is 1.25. The maximum absolute atomic E-state index is 12.0. The molecule has 1 amide bonds. The van der Waals surface area contributed by atoms with Gasteiger partial charge in [-0.1, -0.05) is 13.3 Å². The zero-order chi connectivity index (χ0) is 19.9. The molecular formula is C14H29NO8S2. The molecule has 0 aliphatic carbocycles. The van der Waals surface area contributed by atoms with Crippen LogP contribution in [0.15, 0.2) is 0 Å². The van der Waals surface area contributed by atoms with Crippen LogP contribution in [0.1, 0.15) is 40.5 Å². The molecule has 0 aliphatic rings. The van der Waals surface area contributed by atoms with Gasteiger partial charge in [0.15, 0.2) is 0 Å². The Kier molecular flexibility index (Phi) is 9.34. The Hall–Kier alpha value is -0.910. The first-order valence-corrected chi connectivity index (χ1v) is 11.4. The molecule has 0 heterocycles. The molecule has 0 rings (SSSR count). The minimum Gasteiger partial charge on any atom is -0.444 e. The highest BCUT2D eigenvalue weighted by atomic mass is 32.2. The van der Waals surface area contributed by atoms with E-state index in [2.05, 4.69) is 5.32 Å². The first-order chi connectivity index (χ1) is 11.1. The maximum Gasteiger partial charge on any atom is 0.407 e. The minimum absolute atomic E-state index is 0.208. The van der Waals surface area contributed by atoms with Crippen molar-refractivity contribution in [3.8, 4) is 0 Å². The van der Waals surface area contributed by atoms with Gasteiger partial charge in [0.05, 0.1) is 31.8 Å². The summed E-state index contributed by atoms with van der Waals surface area (Å²) >= 11 is 0. The van der Waals surface area contributed by atoms with Crippen molar-refractivity contribution in [2.45, 2.75) is 52.2 Å². The van der Waals surface area contributed by atoms with E-state index in [1.807, 2.05) is 6.92 Å². The van der Waals surface area contributed by atoms with Crippen molar-refractivity contribution in [1.29, 1.82) is 0 Å². The van der Waals surface area contributed by atoms with Gasteiger partial charge < -0.3 is 10.1 Å². The van der Waals surface area contributed by atoms with Crippen molar-refractivity contribution in [3.63, 3.8) is 0 Å². The number of nitrogens with one attached hydrogen (secondary N) is 1. The fourth-order valence-electron chi connectivity index (χ4n) is 1.93. The van der Waals surface area contributed by atoms with Gasteiger partial charge in [0.2, 0.25) is 0 Å². The van der Waals surface area contributed by atoms with Crippen LogP contribution in [0.25, 0.3) is 0 Å². The lowest BCUT2D eigenvalue weighted by Gasteiger charge is -2.28. The average Bonchev–Trinajstić information content (AvgIpc) is 2.35. The molecule has 0 aromatic carbocycles. The molecule has 0 saturated carbocycles. The van der Waals surface area contributed by atoms with E-state index in [4.69, 9.17) is 13.1 Å². The molecule has 0 bridgehead atoms. The Labute approximate surface area is 150 Å². The van der Waals surface area contributed by atoms with E-state index in [-0.39, 0.29) is 13.2 Å². The first kappa shape index (κ1) is 24.1. The maximum atomic E-state index is 12.0. The zero-order valence-corrected chi connectivity index (χ0v) is 17.2. The van der Waals surface area contributed by atoms with Gasteiger partial charge in [-0.2, -0.15) is 16.8 Å². The van der Waals surface area contributed by atoms with Crippen LogP contribution in [0.2, 0.25) is 0 Å². The van der Waals surface area contributed by atoms with Crippen LogP contribution < -0.4 is 5.32 Å². The van der Waals surface area contributed by atoms with Gasteiger partial charge in [-0.15, -0.1) is 0 Å². The summed E-state index contributed by atoms with van der Waals surface area (Å²) in [6.45, 7) is 6.37. The van der Waals surface area contributed by atoms with E-state index in [1.54, 1.807) is 20.8 Å². The highest BCUT2D eigenvalue weighted by Crippen LogP contribution is 2.16. The smallest absolute Gasteiger partial charge is 0.407 e. The number of hydrogen-bond donors (Lipinski definition) is 1. The van der Waals surface area contributed by atoms with Crippen LogP contribution in [0, 0.1) is 5.92 Å². The molecule has 0 radical (unpaired) electrons. The molecule has 0 saturated heterocycles. The molecule has 11 heteroatoms. The van der Waals surface area contributed by atoms with E-state index >= 15 is 0 Å². The predicted molar refractivity (Wildman–Crippen MR) is 93.1 cm³/mol. The van der Waals surface area contributed by atoms with Gasteiger partial charge in [0.1, 0.15) is 5.60 Å². The van der Waals surface area contributed by atoms with Crippen molar-refractivity contribution in [3.05, 3.63) is 0 Å². The molecule has 0 aliphatic heterocycles. The number of rotatable bonds is 10. The Morgan fingerprint density at radius 3 is 1.88 bits per heavy atom. The first-order valence-electron chi connectivity index (χ1n) is 7.81. The quantitative estimate of drug-likeness (QED) is 0.540. The van der Waals surface area contributed by atoms with Gasteiger partial charge in [-0.05, 0) is 27.2 Å². The molecule has 0 fully saturated rings. The van der Waals surface area contributed by atoms with Crippen molar-refractivity contribution in [1.82, 2.24) is 5.32 Å². The Bertz CT molecular complexity index is 622. The van der Waals surface area contributed by atoms with Crippen LogP contribution in [0.5, 0.6) is 0 Å². The monoisotopic (exact) mass is 403 g/mol. The third-order valence-electron chi connectivity index (χ3n) is 2.89. The molecule has 0 aromatic rings. The van der Waals surface area contributed by atoms with Crippen LogP contribution in [0.4, 0.5) is 4.79 Å². The fraction of sp³-hybridized carbons (Fsp3) is 0.929. The molecule has 9 nitrogen and oxygen atoms in total. The number of ether oxygens (including phenoxy) is 1. The van der Waals surface area contributed by atoms with E-state index in [9.17, 15) is 21.6 Å². The number of alkyl carbamates (subject to hydrolysis) is 1. The van der Waals surface area contributed by atoms with Crippen LogP contribution in [-0.2, 0) is 33.3 Å². The number of amides is 1. The van der Waals surface area contributed by atoms with Crippen molar-refractivity contribution >= 4 is 26.3 Å². The second-order valence-electron chi connectivity index (χ2n) is 6.78. The van der Waals surface area contributed by atoms with Crippen molar-refractivity contribution in [2.75, 3.05) is 25.7 Å². The normalized spacial score (nSPS) is 15.4. The number of carbonyl (C=O) groups is 1. The summed E-state index contributed by atoms with van der Waals surface area (Å²) in [6.07, 6.45) is 2.21. The van der Waals surface area contributed by atoms with E-state index in [0.717, 1.165) is 12.5 Å².